The van der Waals surface area contributed by atoms with Gasteiger partial charge >= 0.3 is 0 Å². The van der Waals surface area contributed by atoms with Gasteiger partial charge in [-0.25, -0.2) is 0 Å². The Morgan fingerprint density at radius 3 is 2.56 bits per heavy atom. The van der Waals surface area contributed by atoms with Crippen LogP contribution in [0.15, 0.2) is 54.6 Å². The Hall–Kier alpha value is -2.13. The predicted octanol–water partition coefficient (Wildman–Crippen LogP) is 3.44. The summed E-state index contributed by atoms with van der Waals surface area (Å²) in [5, 5.41) is 3.66. The Labute approximate surface area is 150 Å². The van der Waals surface area contributed by atoms with Crippen molar-refractivity contribution < 1.29 is 4.79 Å². The second kappa shape index (κ2) is 7.40. The highest BCUT2D eigenvalue weighted by Crippen LogP contribution is 2.23. The van der Waals surface area contributed by atoms with Crippen LogP contribution in [0.4, 0.5) is 0 Å². The van der Waals surface area contributed by atoms with Crippen molar-refractivity contribution in [3.63, 3.8) is 0 Å². The lowest BCUT2D eigenvalue weighted by molar-refractivity contribution is 0.0747. The summed E-state index contributed by atoms with van der Waals surface area (Å²) in [6, 6.07) is 19.7. The Kier molecular flexibility index (Phi) is 4.84. The summed E-state index contributed by atoms with van der Waals surface area (Å²) in [6.45, 7) is 1.72. The minimum Gasteiger partial charge on any atom is -0.337 e. The van der Waals surface area contributed by atoms with Crippen molar-refractivity contribution in [3.8, 4) is 0 Å². The number of nitrogens with zero attached hydrogens (tertiary/aromatic N) is 1. The summed E-state index contributed by atoms with van der Waals surface area (Å²) >= 11 is 0. The lowest BCUT2D eigenvalue weighted by Gasteiger charge is -2.25. The molecular weight excluding hydrogens is 308 g/mol. The number of amides is 1. The van der Waals surface area contributed by atoms with Crippen LogP contribution < -0.4 is 5.32 Å². The average molecular weight is 334 g/mol. The standard InChI is InChI=1S/C22H26N2O/c25-22(24-15-14-19-12-13-20(16-24)23-19)21-9-5-4-8-18(21)11-10-17-6-2-1-3-7-17/h1-9,19-20,23H,10-16H2. The summed E-state index contributed by atoms with van der Waals surface area (Å²) in [5.41, 5.74) is 3.37. The summed E-state index contributed by atoms with van der Waals surface area (Å²) in [7, 11) is 0. The number of fused-ring (bicyclic) bond motifs is 2. The number of benzene rings is 2. The van der Waals surface area contributed by atoms with Gasteiger partial charge in [0.1, 0.15) is 0 Å². The minimum atomic E-state index is 0.206. The average Bonchev–Trinajstić information content (AvgIpc) is 2.99. The van der Waals surface area contributed by atoms with Crippen molar-refractivity contribution in [1.82, 2.24) is 10.2 Å². The molecule has 2 heterocycles. The topological polar surface area (TPSA) is 32.3 Å². The number of carbonyl (C=O) groups excluding carboxylic acids is 1. The van der Waals surface area contributed by atoms with E-state index in [1.807, 2.05) is 24.3 Å². The highest BCUT2D eigenvalue weighted by atomic mass is 16.2. The second-order valence-corrected chi connectivity index (χ2v) is 7.32. The molecule has 3 nitrogen and oxygen atoms in total. The zero-order valence-corrected chi connectivity index (χ0v) is 14.7. The van der Waals surface area contributed by atoms with Gasteiger partial charge in [-0.1, -0.05) is 48.5 Å². The highest BCUT2D eigenvalue weighted by molar-refractivity contribution is 5.95. The molecule has 25 heavy (non-hydrogen) atoms. The Balaban J connectivity index is 1.49. The van der Waals surface area contributed by atoms with E-state index in [-0.39, 0.29) is 5.91 Å². The van der Waals surface area contributed by atoms with Gasteiger partial charge < -0.3 is 10.2 Å². The monoisotopic (exact) mass is 334 g/mol. The number of hydrogen-bond donors (Lipinski definition) is 1. The number of aryl methyl sites for hydroxylation is 2. The molecule has 2 saturated heterocycles. The molecule has 2 aliphatic rings. The molecule has 0 aromatic heterocycles. The molecule has 2 fully saturated rings. The maximum atomic E-state index is 13.2. The van der Waals surface area contributed by atoms with E-state index >= 15 is 0 Å². The molecule has 1 amide bonds. The number of rotatable bonds is 4. The van der Waals surface area contributed by atoms with E-state index in [2.05, 4.69) is 40.5 Å². The minimum absolute atomic E-state index is 0.206. The zero-order chi connectivity index (χ0) is 17.1. The fourth-order valence-corrected chi connectivity index (χ4v) is 4.17. The van der Waals surface area contributed by atoms with Crippen molar-refractivity contribution in [2.24, 2.45) is 0 Å². The van der Waals surface area contributed by atoms with E-state index in [4.69, 9.17) is 0 Å². The molecule has 2 aromatic carbocycles. The van der Waals surface area contributed by atoms with Crippen LogP contribution in [0.2, 0.25) is 0 Å². The maximum absolute atomic E-state index is 13.2. The second-order valence-electron chi connectivity index (χ2n) is 7.32. The van der Waals surface area contributed by atoms with E-state index in [1.54, 1.807) is 0 Å². The van der Waals surface area contributed by atoms with Crippen molar-refractivity contribution in [3.05, 3.63) is 71.3 Å². The van der Waals surface area contributed by atoms with Gasteiger partial charge in [0.2, 0.25) is 0 Å². The molecule has 0 spiro atoms. The summed E-state index contributed by atoms with van der Waals surface area (Å²) in [6.07, 6.45) is 5.42. The lowest BCUT2D eigenvalue weighted by atomic mass is 9.98. The van der Waals surface area contributed by atoms with E-state index < -0.39 is 0 Å². The molecule has 2 unspecified atom stereocenters. The van der Waals surface area contributed by atoms with Crippen LogP contribution in [0.5, 0.6) is 0 Å². The van der Waals surface area contributed by atoms with Crippen LogP contribution in [-0.2, 0) is 12.8 Å². The largest absolute Gasteiger partial charge is 0.337 e. The first-order chi connectivity index (χ1) is 12.3. The highest BCUT2D eigenvalue weighted by Gasteiger charge is 2.31. The van der Waals surface area contributed by atoms with Crippen molar-refractivity contribution in [2.75, 3.05) is 13.1 Å². The molecule has 0 saturated carbocycles. The first-order valence-corrected chi connectivity index (χ1v) is 9.47. The van der Waals surface area contributed by atoms with E-state index in [0.29, 0.717) is 12.1 Å². The molecule has 2 aliphatic heterocycles. The number of hydrogen-bond acceptors (Lipinski definition) is 2. The Morgan fingerprint density at radius 1 is 0.920 bits per heavy atom. The van der Waals surface area contributed by atoms with Gasteiger partial charge in [0, 0.05) is 30.7 Å². The van der Waals surface area contributed by atoms with Crippen molar-refractivity contribution in [1.29, 1.82) is 0 Å². The van der Waals surface area contributed by atoms with Gasteiger partial charge in [0.25, 0.3) is 5.91 Å². The maximum Gasteiger partial charge on any atom is 0.254 e. The predicted molar refractivity (Wildman–Crippen MR) is 101 cm³/mol. The van der Waals surface area contributed by atoms with E-state index in [0.717, 1.165) is 37.9 Å². The molecule has 2 bridgehead atoms. The van der Waals surface area contributed by atoms with E-state index in [9.17, 15) is 4.79 Å². The first-order valence-electron chi connectivity index (χ1n) is 9.47. The molecule has 1 N–H and O–H groups in total. The van der Waals surface area contributed by atoms with Crippen LogP contribution in [0, 0.1) is 0 Å². The summed E-state index contributed by atoms with van der Waals surface area (Å²) in [5.74, 6) is 0.206. The van der Waals surface area contributed by atoms with Gasteiger partial charge in [-0.05, 0) is 49.3 Å². The fourth-order valence-electron chi connectivity index (χ4n) is 4.17. The van der Waals surface area contributed by atoms with Gasteiger partial charge in [0.15, 0.2) is 0 Å². The lowest BCUT2D eigenvalue weighted by Crippen LogP contribution is -2.39. The molecule has 130 valence electrons. The SMILES string of the molecule is O=C(c1ccccc1CCc1ccccc1)N1CCC2CCC(C1)N2. The van der Waals surface area contributed by atoms with Crippen LogP contribution >= 0.6 is 0 Å². The number of carbonyl (C=O) groups is 1. The smallest absolute Gasteiger partial charge is 0.254 e. The third-order valence-corrected chi connectivity index (χ3v) is 5.58. The van der Waals surface area contributed by atoms with Crippen LogP contribution in [0.25, 0.3) is 0 Å². The number of nitrogens with one attached hydrogen (secondary N) is 1. The third-order valence-electron chi connectivity index (χ3n) is 5.58. The Morgan fingerprint density at radius 2 is 1.68 bits per heavy atom. The van der Waals surface area contributed by atoms with Crippen LogP contribution in [-0.4, -0.2) is 36.0 Å². The summed E-state index contributed by atoms with van der Waals surface area (Å²) in [4.78, 5) is 15.2. The quantitative estimate of drug-likeness (QED) is 0.929. The first kappa shape index (κ1) is 16.3. The molecule has 2 aromatic rings. The fraction of sp³-hybridized carbons (Fsp3) is 0.409. The van der Waals surface area contributed by atoms with Gasteiger partial charge in [0.05, 0.1) is 0 Å². The van der Waals surface area contributed by atoms with Crippen molar-refractivity contribution in [2.45, 2.75) is 44.2 Å². The number of likely N-dealkylation sites (tertiary alicyclic amines) is 1. The molecule has 0 radical (unpaired) electrons. The summed E-state index contributed by atoms with van der Waals surface area (Å²) < 4.78 is 0. The van der Waals surface area contributed by atoms with Gasteiger partial charge in [-0.2, -0.15) is 0 Å². The Bertz CT molecular complexity index is 728. The molecule has 3 heteroatoms. The normalized spacial score (nSPS) is 22.6. The van der Waals surface area contributed by atoms with Gasteiger partial charge in [-0.3, -0.25) is 4.79 Å². The molecule has 0 aliphatic carbocycles. The molecule has 2 atom stereocenters. The zero-order valence-electron chi connectivity index (χ0n) is 14.7. The van der Waals surface area contributed by atoms with Crippen LogP contribution in [0.3, 0.4) is 0 Å². The van der Waals surface area contributed by atoms with Gasteiger partial charge in [-0.15, -0.1) is 0 Å². The molecule has 4 rings (SSSR count). The van der Waals surface area contributed by atoms with Crippen molar-refractivity contribution >= 4 is 5.91 Å². The third kappa shape index (κ3) is 3.77. The van der Waals surface area contributed by atoms with E-state index in [1.165, 1.54) is 24.0 Å². The molecular formula is C22H26N2O. The van der Waals surface area contributed by atoms with Crippen LogP contribution in [0.1, 0.15) is 40.7 Å².